The van der Waals surface area contributed by atoms with Crippen molar-refractivity contribution in [3.8, 4) is 11.5 Å². The van der Waals surface area contributed by atoms with Gasteiger partial charge >= 0.3 is 17.9 Å². The fourth-order valence-electron chi connectivity index (χ4n) is 5.04. The zero-order chi connectivity index (χ0) is 30.5. The molecule has 11 nitrogen and oxygen atoms in total. The maximum Gasteiger partial charge on any atom is 0.408 e. The van der Waals surface area contributed by atoms with Crippen LogP contribution in [0.3, 0.4) is 0 Å². The van der Waals surface area contributed by atoms with Crippen molar-refractivity contribution >= 4 is 58.6 Å². The number of ether oxygens (including phenoxy) is 4. The molecule has 0 aliphatic carbocycles. The number of amides is 2. The van der Waals surface area contributed by atoms with E-state index in [-0.39, 0.29) is 42.6 Å². The van der Waals surface area contributed by atoms with E-state index in [0.717, 1.165) is 0 Å². The summed E-state index contributed by atoms with van der Waals surface area (Å²) in [7, 11) is 10.3. The number of carbonyl (C=O) groups is 2. The topological polar surface area (TPSA) is 109 Å². The Balaban J connectivity index is 1.74. The molecule has 1 saturated heterocycles. The van der Waals surface area contributed by atoms with Gasteiger partial charge in [0, 0.05) is 17.8 Å². The zero-order valence-corrected chi connectivity index (χ0v) is 26.3. The van der Waals surface area contributed by atoms with Crippen molar-refractivity contribution in [2.75, 3.05) is 55.6 Å². The summed E-state index contributed by atoms with van der Waals surface area (Å²) in [4.78, 5) is 36.1. The van der Waals surface area contributed by atoms with Gasteiger partial charge in [0.1, 0.15) is 35.8 Å². The number of nitrogens with one attached hydrogen (secondary N) is 1. The van der Waals surface area contributed by atoms with E-state index < -0.39 is 11.7 Å². The highest BCUT2D eigenvalue weighted by Crippen LogP contribution is 2.47. The number of quaternary nitrogens is 2. The van der Waals surface area contributed by atoms with E-state index in [4.69, 9.17) is 52.1 Å². The number of nitrogens with zero attached hydrogens (tertiary/aromatic N) is 4. The van der Waals surface area contributed by atoms with Gasteiger partial charge in [-0.1, -0.05) is 23.2 Å². The lowest BCUT2D eigenvalue weighted by atomic mass is 9.96. The molecule has 13 heteroatoms. The van der Waals surface area contributed by atoms with Crippen LogP contribution in [0.5, 0.6) is 11.5 Å². The van der Waals surface area contributed by atoms with Crippen molar-refractivity contribution in [3.63, 3.8) is 0 Å². The van der Waals surface area contributed by atoms with Crippen LogP contribution in [0.25, 0.3) is 11.6 Å². The third-order valence-electron chi connectivity index (χ3n) is 7.29. The maximum absolute atomic E-state index is 14.0. The average molecular weight is 611 g/mol. The average Bonchev–Trinajstić information content (AvgIpc) is 3.35. The zero-order valence-electron chi connectivity index (χ0n) is 24.8. The summed E-state index contributed by atoms with van der Waals surface area (Å²) < 4.78 is 22.0. The molecule has 41 heavy (non-hydrogen) atoms. The van der Waals surface area contributed by atoms with Crippen LogP contribution < -0.4 is 23.8 Å². The molecule has 1 aromatic heterocycles. The highest BCUT2D eigenvalue weighted by molar-refractivity contribution is 6.44. The molecule has 1 N–H and O–H groups in total. The molecule has 0 saturated carbocycles. The highest BCUT2D eigenvalue weighted by atomic mass is 35.5. The molecule has 2 amide bonds. The van der Waals surface area contributed by atoms with Crippen molar-refractivity contribution in [1.82, 2.24) is 24.3 Å². The second-order valence-electron chi connectivity index (χ2n) is 11.9. The predicted molar refractivity (Wildman–Crippen MR) is 160 cm³/mol. The first-order valence-electron chi connectivity index (χ1n) is 13.0. The van der Waals surface area contributed by atoms with Gasteiger partial charge in [0.15, 0.2) is 0 Å². The van der Waals surface area contributed by atoms with Gasteiger partial charge in [0.05, 0.1) is 70.2 Å². The molecule has 3 heterocycles. The minimum atomic E-state index is -0.627. The van der Waals surface area contributed by atoms with Crippen LogP contribution in [-0.4, -0.2) is 95.3 Å². The van der Waals surface area contributed by atoms with E-state index in [1.165, 1.54) is 14.2 Å². The molecule has 2 atom stereocenters. The molecule has 4 rings (SSSR count). The van der Waals surface area contributed by atoms with Gasteiger partial charge in [-0.3, -0.25) is 4.48 Å². The lowest BCUT2D eigenvalue weighted by Gasteiger charge is -2.37. The van der Waals surface area contributed by atoms with E-state index in [2.05, 4.69) is 5.32 Å². The minimum Gasteiger partial charge on any atom is -0.495 e. The van der Waals surface area contributed by atoms with Gasteiger partial charge in [-0.2, -0.15) is 4.98 Å². The van der Waals surface area contributed by atoms with Crippen molar-refractivity contribution in [3.05, 3.63) is 33.4 Å². The molecule has 0 bridgehead atoms. The molecular weight excluding hydrogens is 573 g/mol. The highest BCUT2D eigenvalue weighted by Gasteiger charge is 2.48. The monoisotopic (exact) mass is 609 g/mol. The molecule has 1 aromatic carbocycles. The molecule has 1 fully saturated rings. The first-order valence-corrected chi connectivity index (χ1v) is 13.8. The molecule has 2 aliphatic rings. The van der Waals surface area contributed by atoms with Crippen molar-refractivity contribution < 1.29 is 28.5 Å². The Bertz CT molecular complexity index is 1390. The number of carbonyl (C=O) groups excluding carboxylic acids is 2. The standard InChI is InChI=1S/C28H36Cl2N5O6/c1-28(2,3)41-27(37)32-17-13-40-14-18(17)34(4,5)26-31-12-15-10-16(25(36)35(6,7)24(15)33-26)21-22(29)19(38-8)11-20(39-9)23(21)30/h10-12,17-18H,13-14H2,1-9H3/q+1/p+1/t17-,18+/m0/s1. The number of aromatic nitrogens is 2. The molecule has 2 aromatic rings. The first-order chi connectivity index (χ1) is 19.0. The summed E-state index contributed by atoms with van der Waals surface area (Å²) in [5.41, 5.74) is 0.600. The van der Waals surface area contributed by atoms with Gasteiger partial charge in [-0.05, 0) is 26.8 Å². The number of alkyl carbamates (subject to hydrolysis) is 1. The van der Waals surface area contributed by atoms with E-state index in [9.17, 15) is 9.59 Å². The van der Waals surface area contributed by atoms with Crippen LogP contribution in [0.2, 0.25) is 10.0 Å². The summed E-state index contributed by atoms with van der Waals surface area (Å²) in [6.07, 6.45) is 2.84. The number of rotatable bonds is 6. The number of likely N-dealkylation sites (N-methyl/N-ethyl adjacent to an activating group) is 2. The Morgan fingerprint density at radius 1 is 1.12 bits per heavy atom. The Morgan fingerprint density at radius 3 is 2.29 bits per heavy atom. The molecule has 0 spiro atoms. The largest absolute Gasteiger partial charge is 0.495 e. The summed E-state index contributed by atoms with van der Waals surface area (Å²) in [5.74, 6) is 1.34. The first kappa shape index (κ1) is 31.0. The fraction of sp³-hybridized carbons (Fsp3) is 0.500. The normalized spacial score (nSPS) is 20.3. The van der Waals surface area contributed by atoms with Gasteiger partial charge in [0.25, 0.3) is 5.82 Å². The number of hydrogen-bond donors (Lipinski definition) is 1. The number of fused-ring (bicyclic) bond motifs is 1. The molecule has 0 radical (unpaired) electrons. The van der Waals surface area contributed by atoms with Crippen molar-refractivity contribution in [2.45, 2.75) is 38.5 Å². The third kappa shape index (κ3) is 5.74. The Kier molecular flexibility index (Phi) is 8.34. The SMILES string of the molecule is COc1cc(OC)c(Cl)c(C2=Cc3cnc([N+](C)(C)[C@@H]4COC[C@@H]4NC(=O)OC(C)(C)C)nc3[N+](C)(C)C2=O)c1Cl. The second kappa shape index (κ2) is 11.0. The van der Waals surface area contributed by atoms with E-state index >= 15 is 0 Å². The van der Waals surface area contributed by atoms with Crippen molar-refractivity contribution in [1.29, 1.82) is 0 Å². The van der Waals surface area contributed by atoms with E-state index in [1.807, 2.05) is 34.9 Å². The summed E-state index contributed by atoms with van der Waals surface area (Å²) in [6, 6.07) is 1.04. The van der Waals surface area contributed by atoms with Crippen LogP contribution in [0.4, 0.5) is 16.6 Å². The number of benzene rings is 1. The van der Waals surface area contributed by atoms with E-state index in [0.29, 0.717) is 47.6 Å². The number of hydrogen-bond acceptors (Lipinski definition) is 8. The summed E-state index contributed by atoms with van der Waals surface area (Å²) >= 11 is 13.3. The molecule has 222 valence electrons. The van der Waals surface area contributed by atoms with Crippen LogP contribution in [0, 0.1) is 0 Å². The van der Waals surface area contributed by atoms with Crippen LogP contribution >= 0.6 is 23.2 Å². The van der Waals surface area contributed by atoms with Crippen LogP contribution in [0.15, 0.2) is 12.3 Å². The van der Waals surface area contributed by atoms with Gasteiger partial charge in [0.2, 0.25) is 0 Å². The quantitative estimate of drug-likeness (QED) is 0.483. The summed E-state index contributed by atoms with van der Waals surface area (Å²) in [6.45, 7) is 6.13. The lowest BCUT2D eigenvalue weighted by Crippen LogP contribution is -2.61. The Hall–Kier alpha value is -2.96. The number of methoxy groups -OCH3 is 2. The Labute approximate surface area is 250 Å². The maximum atomic E-state index is 14.0. The fourth-order valence-corrected chi connectivity index (χ4v) is 5.74. The van der Waals surface area contributed by atoms with Gasteiger partial charge in [-0.25, -0.2) is 14.1 Å². The molecule has 2 aliphatic heterocycles. The summed E-state index contributed by atoms with van der Waals surface area (Å²) in [5, 5.41) is 3.32. The minimum absolute atomic E-state index is 0.196. The predicted octanol–water partition coefficient (Wildman–Crippen LogP) is 4.31. The van der Waals surface area contributed by atoms with Gasteiger partial charge in [-0.15, -0.1) is 4.98 Å². The van der Waals surface area contributed by atoms with Gasteiger partial charge < -0.3 is 24.3 Å². The smallest absolute Gasteiger partial charge is 0.408 e. The van der Waals surface area contributed by atoms with Crippen LogP contribution in [0.1, 0.15) is 31.9 Å². The third-order valence-corrected chi connectivity index (χ3v) is 8.04. The second-order valence-corrected chi connectivity index (χ2v) is 12.7. The van der Waals surface area contributed by atoms with E-state index in [1.54, 1.807) is 32.4 Å². The molecule has 0 unspecified atom stereocenters. The number of halogens is 2. The van der Waals surface area contributed by atoms with Crippen molar-refractivity contribution in [2.24, 2.45) is 0 Å². The lowest BCUT2D eigenvalue weighted by molar-refractivity contribution is -0.122. The Morgan fingerprint density at radius 2 is 1.73 bits per heavy atom. The molecular formula is C28H37Cl2N5O6+2. The van der Waals surface area contributed by atoms with Crippen LogP contribution in [-0.2, 0) is 14.3 Å².